The highest BCUT2D eigenvalue weighted by Gasteiger charge is 2.44. The molecule has 156 valence electrons. The van der Waals surface area contributed by atoms with Crippen molar-refractivity contribution in [2.75, 3.05) is 37.5 Å². The Hall–Kier alpha value is -3.36. The zero-order valence-corrected chi connectivity index (χ0v) is 17.1. The summed E-state index contributed by atoms with van der Waals surface area (Å²) in [5.74, 6) is 2.52. The fourth-order valence-electron chi connectivity index (χ4n) is 4.84. The van der Waals surface area contributed by atoms with Crippen molar-refractivity contribution in [2.45, 2.75) is 18.9 Å². The molecule has 4 heterocycles. The number of H-pyrrole nitrogens is 1. The Balaban J connectivity index is 1.20. The van der Waals surface area contributed by atoms with Crippen LogP contribution >= 0.6 is 0 Å². The lowest BCUT2D eigenvalue weighted by Gasteiger charge is -2.28. The molecule has 1 aliphatic carbocycles. The molecular weight excluding hydrogens is 382 g/mol. The maximum Gasteiger partial charge on any atom is 0.321 e. The van der Waals surface area contributed by atoms with Gasteiger partial charge in [-0.3, -0.25) is 0 Å². The number of aromatic amines is 1. The molecule has 5 rings (SSSR count). The third kappa shape index (κ3) is 3.30. The van der Waals surface area contributed by atoms with E-state index in [1.54, 1.807) is 31.8 Å². The topological polar surface area (TPSA) is 99.3 Å². The third-order valence-corrected chi connectivity index (χ3v) is 6.42. The van der Waals surface area contributed by atoms with Gasteiger partial charge in [0.25, 0.3) is 0 Å². The summed E-state index contributed by atoms with van der Waals surface area (Å²) in [4.78, 5) is 33.0. The van der Waals surface area contributed by atoms with Gasteiger partial charge < -0.3 is 24.8 Å². The summed E-state index contributed by atoms with van der Waals surface area (Å²) in [7, 11) is 3.68. The van der Waals surface area contributed by atoms with E-state index in [1.165, 1.54) is 0 Å². The standard InChI is InChI=1S/C21H25N7O2/c1-27(20-17-5-6-22-19(17)24-12-25-20)16-7-13-10-28(11-14(13)8-16)21(29)26-15-3-4-18(30-2)23-9-15/h3-6,9,12-14,16H,7-8,10-11H2,1-2H3,(H,26,29)(H,22,24,25). The zero-order chi connectivity index (χ0) is 20.7. The molecule has 0 aromatic carbocycles. The van der Waals surface area contributed by atoms with Crippen molar-refractivity contribution in [3.63, 3.8) is 0 Å². The average Bonchev–Trinajstić information content (AvgIpc) is 3.48. The summed E-state index contributed by atoms with van der Waals surface area (Å²) in [6.07, 6.45) is 7.24. The highest BCUT2D eigenvalue weighted by molar-refractivity contribution is 5.89. The van der Waals surface area contributed by atoms with Crippen molar-refractivity contribution in [2.24, 2.45) is 11.8 Å². The third-order valence-electron chi connectivity index (χ3n) is 6.42. The first-order valence-corrected chi connectivity index (χ1v) is 10.2. The van der Waals surface area contributed by atoms with Gasteiger partial charge >= 0.3 is 6.03 Å². The van der Waals surface area contributed by atoms with Crippen molar-refractivity contribution in [3.05, 3.63) is 36.9 Å². The molecule has 2 fully saturated rings. The number of carbonyl (C=O) groups is 1. The SMILES string of the molecule is COc1ccc(NC(=O)N2CC3CC(N(C)c4ncnc5[nH]ccc45)CC3C2)cn1. The minimum Gasteiger partial charge on any atom is -0.481 e. The summed E-state index contributed by atoms with van der Waals surface area (Å²) < 4.78 is 5.06. The summed E-state index contributed by atoms with van der Waals surface area (Å²) in [6.45, 7) is 1.57. The Bertz CT molecular complexity index is 1040. The van der Waals surface area contributed by atoms with E-state index in [4.69, 9.17) is 4.74 Å². The van der Waals surface area contributed by atoms with Crippen LogP contribution in [0.5, 0.6) is 5.88 Å². The van der Waals surface area contributed by atoms with Crippen LogP contribution in [0.25, 0.3) is 11.0 Å². The van der Waals surface area contributed by atoms with E-state index in [2.05, 4.69) is 37.2 Å². The van der Waals surface area contributed by atoms with Crippen LogP contribution in [0.1, 0.15) is 12.8 Å². The summed E-state index contributed by atoms with van der Waals surface area (Å²) in [5.41, 5.74) is 1.54. The van der Waals surface area contributed by atoms with Gasteiger partial charge in [0.15, 0.2) is 0 Å². The number of likely N-dealkylation sites (tertiary alicyclic amines) is 1. The van der Waals surface area contributed by atoms with E-state index in [0.717, 1.165) is 42.8 Å². The van der Waals surface area contributed by atoms with Gasteiger partial charge in [-0.25, -0.2) is 19.7 Å². The molecule has 2 atom stereocenters. The maximum absolute atomic E-state index is 12.7. The van der Waals surface area contributed by atoms with Crippen molar-refractivity contribution >= 4 is 28.6 Å². The number of rotatable bonds is 4. The molecule has 3 aromatic heterocycles. The van der Waals surface area contributed by atoms with E-state index < -0.39 is 0 Å². The van der Waals surface area contributed by atoms with Gasteiger partial charge in [0.05, 0.1) is 24.4 Å². The molecule has 9 heteroatoms. The van der Waals surface area contributed by atoms with Gasteiger partial charge in [0, 0.05) is 38.4 Å². The number of urea groups is 1. The number of carbonyl (C=O) groups excluding carboxylic acids is 1. The minimum atomic E-state index is -0.0638. The van der Waals surface area contributed by atoms with Crippen LogP contribution < -0.4 is 15.0 Å². The molecule has 0 bridgehead atoms. The van der Waals surface area contributed by atoms with Crippen molar-refractivity contribution in [1.29, 1.82) is 0 Å². The molecule has 2 aliphatic rings. The van der Waals surface area contributed by atoms with Crippen LogP contribution in [-0.2, 0) is 0 Å². The van der Waals surface area contributed by atoms with Gasteiger partial charge in [-0.2, -0.15) is 0 Å². The predicted octanol–water partition coefficient (Wildman–Crippen LogP) is 2.74. The zero-order valence-electron chi connectivity index (χ0n) is 17.1. The first-order valence-electron chi connectivity index (χ1n) is 10.2. The molecule has 1 saturated carbocycles. The van der Waals surface area contributed by atoms with Gasteiger partial charge in [-0.05, 0) is 36.8 Å². The molecule has 1 saturated heterocycles. The van der Waals surface area contributed by atoms with Crippen molar-refractivity contribution in [3.8, 4) is 5.88 Å². The fourth-order valence-corrected chi connectivity index (χ4v) is 4.84. The second-order valence-electron chi connectivity index (χ2n) is 8.12. The van der Waals surface area contributed by atoms with E-state index in [0.29, 0.717) is 29.4 Å². The number of fused-ring (bicyclic) bond motifs is 2. The maximum atomic E-state index is 12.7. The highest BCUT2D eigenvalue weighted by Crippen LogP contribution is 2.41. The van der Waals surface area contributed by atoms with E-state index in [9.17, 15) is 4.79 Å². The fraction of sp³-hybridized carbons (Fsp3) is 0.429. The van der Waals surface area contributed by atoms with Crippen molar-refractivity contribution < 1.29 is 9.53 Å². The average molecular weight is 407 g/mol. The van der Waals surface area contributed by atoms with Crippen LogP contribution in [-0.4, -0.2) is 64.2 Å². The lowest BCUT2D eigenvalue weighted by molar-refractivity contribution is 0.218. The number of pyridine rings is 1. The Morgan fingerprint density at radius 1 is 1.20 bits per heavy atom. The van der Waals surface area contributed by atoms with Gasteiger partial charge in [0.1, 0.15) is 17.8 Å². The Morgan fingerprint density at radius 2 is 2.00 bits per heavy atom. The van der Waals surface area contributed by atoms with Crippen LogP contribution in [0.2, 0.25) is 0 Å². The molecule has 1 aliphatic heterocycles. The summed E-state index contributed by atoms with van der Waals surface area (Å²) in [5, 5.41) is 3.99. The minimum absolute atomic E-state index is 0.0638. The van der Waals surface area contributed by atoms with Crippen LogP contribution in [0, 0.1) is 11.8 Å². The molecule has 2 unspecified atom stereocenters. The van der Waals surface area contributed by atoms with Gasteiger partial charge in [-0.15, -0.1) is 0 Å². The number of amides is 2. The normalized spacial score (nSPS) is 22.9. The lowest BCUT2D eigenvalue weighted by atomic mass is 10.0. The second kappa shape index (κ2) is 7.47. The lowest BCUT2D eigenvalue weighted by Crippen LogP contribution is -2.36. The van der Waals surface area contributed by atoms with Crippen LogP contribution in [0.3, 0.4) is 0 Å². The van der Waals surface area contributed by atoms with E-state index in [-0.39, 0.29) is 6.03 Å². The van der Waals surface area contributed by atoms with Gasteiger partial charge in [-0.1, -0.05) is 0 Å². The number of anilines is 2. The second-order valence-corrected chi connectivity index (χ2v) is 8.12. The first-order chi connectivity index (χ1) is 14.6. The monoisotopic (exact) mass is 407 g/mol. The Morgan fingerprint density at radius 3 is 2.70 bits per heavy atom. The highest BCUT2D eigenvalue weighted by atomic mass is 16.5. The summed E-state index contributed by atoms with van der Waals surface area (Å²) in [6, 6.07) is 5.92. The molecule has 0 spiro atoms. The number of nitrogens with zero attached hydrogens (tertiary/aromatic N) is 5. The number of hydrogen-bond acceptors (Lipinski definition) is 6. The van der Waals surface area contributed by atoms with Gasteiger partial charge in [0.2, 0.25) is 5.88 Å². The van der Waals surface area contributed by atoms with Crippen molar-refractivity contribution in [1.82, 2.24) is 24.8 Å². The molecule has 9 nitrogen and oxygen atoms in total. The van der Waals surface area contributed by atoms with E-state index in [1.807, 2.05) is 17.2 Å². The number of methoxy groups -OCH3 is 1. The Kier molecular flexibility index (Phi) is 4.65. The summed E-state index contributed by atoms with van der Waals surface area (Å²) >= 11 is 0. The number of aromatic nitrogens is 4. The number of nitrogens with one attached hydrogen (secondary N) is 2. The number of ether oxygens (including phenoxy) is 1. The van der Waals surface area contributed by atoms with E-state index >= 15 is 0 Å². The molecule has 2 amide bonds. The molecule has 30 heavy (non-hydrogen) atoms. The quantitative estimate of drug-likeness (QED) is 0.690. The molecule has 0 radical (unpaired) electrons. The Labute approximate surface area is 174 Å². The van der Waals surface area contributed by atoms with Crippen LogP contribution in [0.15, 0.2) is 36.9 Å². The molecule has 3 aromatic rings. The largest absolute Gasteiger partial charge is 0.481 e. The predicted molar refractivity (Wildman–Crippen MR) is 114 cm³/mol. The van der Waals surface area contributed by atoms with Crippen LogP contribution in [0.4, 0.5) is 16.3 Å². The smallest absolute Gasteiger partial charge is 0.321 e. The molecule has 2 N–H and O–H groups in total. The number of hydrogen-bond donors (Lipinski definition) is 2. The molecular formula is C21H25N7O2. The first kappa shape index (κ1) is 18.7.